The topological polar surface area (TPSA) is 62.7 Å². The van der Waals surface area contributed by atoms with E-state index >= 15 is 0 Å². The molecule has 1 fully saturated rings. The number of hydrogen-bond donors (Lipinski definition) is 0. The van der Waals surface area contributed by atoms with E-state index in [9.17, 15) is 9.59 Å². The highest BCUT2D eigenvalue weighted by Gasteiger charge is 2.31. The van der Waals surface area contributed by atoms with Crippen molar-refractivity contribution in [1.29, 1.82) is 0 Å². The predicted octanol–water partition coefficient (Wildman–Crippen LogP) is 3.10. The summed E-state index contributed by atoms with van der Waals surface area (Å²) in [6.45, 7) is 6.96. The average molecular weight is 398 g/mol. The fourth-order valence-corrected chi connectivity index (χ4v) is 3.74. The summed E-state index contributed by atoms with van der Waals surface area (Å²) in [7, 11) is 0. The van der Waals surface area contributed by atoms with Crippen LogP contribution in [0.25, 0.3) is 0 Å². The molecule has 1 aromatic rings. The van der Waals surface area contributed by atoms with Gasteiger partial charge in [-0.3, -0.25) is 14.6 Å². The van der Waals surface area contributed by atoms with Crippen LogP contribution in [-0.4, -0.2) is 58.9 Å². The molecule has 0 N–H and O–H groups in total. The van der Waals surface area contributed by atoms with Gasteiger partial charge < -0.3 is 14.5 Å². The smallest absolute Gasteiger partial charge is 0.250 e. The maximum atomic E-state index is 13.3. The van der Waals surface area contributed by atoms with Gasteiger partial charge in [0.15, 0.2) is 0 Å². The van der Waals surface area contributed by atoms with E-state index in [4.69, 9.17) is 4.74 Å². The number of carbonyl (C=O) groups excluding carboxylic acids is 2. The van der Waals surface area contributed by atoms with Crippen molar-refractivity contribution in [1.82, 2.24) is 14.8 Å². The van der Waals surface area contributed by atoms with Crippen LogP contribution < -0.4 is 0 Å². The van der Waals surface area contributed by atoms with E-state index in [1.807, 2.05) is 41.0 Å². The van der Waals surface area contributed by atoms with Gasteiger partial charge in [0.2, 0.25) is 11.8 Å². The zero-order chi connectivity index (χ0) is 20.6. The third-order valence-corrected chi connectivity index (χ3v) is 5.70. The van der Waals surface area contributed by atoms with Crippen LogP contribution in [0.2, 0.25) is 0 Å². The first-order valence-corrected chi connectivity index (χ1v) is 10.5. The van der Waals surface area contributed by atoms with Gasteiger partial charge in [-0.25, -0.2) is 0 Å². The number of allylic oxidation sites excluding steroid dienone is 1. The van der Waals surface area contributed by atoms with E-state index in [1.165, 1.54) is 0 Å². The normalized spacial score (nSPS) is 18.3. The Labute approximate surface area is 173 Å². The summed E-state index contributed by atoms with van der Waals surface area (Å²) in [5, 5.41) is 0. The van der Waals surface area contributed by atoms with Crippen LogP contribution in [0.15, 0.2) is 47.7 Å². The van der Waals surface area contributed by atoms with Gasteiger partial charge in [-0.05, 0) is 38.3 Å². The highest BCUT2D eigenvalue weighted by molar-refractivity contribution is 5.94. The van der Waals surface area contributed by atoms with Crippen molar-refractivity contribution in [3.8, 4) is 0 Å². The number of ether oxygens (including phenoxy) is 1. The summed E-state index contributed by atoms with van der Waals surface area (Å²) in [5.41, 5.74) is 2.80. The van der Waals surface area contributed by atoms with Crippen LogP contribution in [0, 0.1) is 0 Å². The molecule has 156 valence electrons. The number of amides is 2. The minimum Gasteiger partial charge on any atom is -0.377 e. The van der Waals surface area contributed by atoms with Gasteiger partial charge in [0.1, 0.15) is 0 Å². The maximum Gasteiger partial charge on any atom is 0.250 e. The summed E-state index contributed by atoms with van der Waals surface area (Å²) < 4.78 is 5.37. The SMILES string of the molecule is CC/C(C)=C/C(=O)N1CCC(N(Cc2ccccn2)C(=O)C2=CCOCC2)CC1. The number of likely N-dealkylation sites (tertiary alicyclic amines) is 1. The lowest BCUT2D eigenvalue weighted by atomic mass is 10.00. The van der Waals surface area contributed by atoms with Crippen molar-refractivity contribution in [2.45, 2.75) is 52.1 Å². The van der Waals surface area contributed by atoms with Crippen molar-refractivity contribution >= 4 is 11.8 Å². The fourth-order valence-electron chi connectivity index (χ4n) is 3.74. The minimum atomic E-state index is 0.0745. The Hall–Kier alpha value is -2.47. The molecule has 0 atom stereocenters. The largest absolute Gasteiger partial charge is 0.377 e. The van der Waals surface area contributed by atoms with Crippen molar-refractivity contribution < 1.29 is 14.3 Å². The zero-order valence-corrected chi connectivity index (χ0v) is 17.5. The number of piperidine rings is 1. The molecule has 3 heterocycles. The Morgan fingerprint density at radius 3 is 2.72 bits per heavy atom. The van der Waals surface area contributed by atoms with Gasteiger partial charge >= 0.3 is 0 Å². The van der Waals surface area contributed by atoms with Gasteiger partial charge in [0, 0.05) is 43.4 Å². The second-order valence-electron chi connectivity index (χ2n) is 7.71. The molecule has 0 spiro atoms. The summed E-state index contributed by atoms with van der Waals surface area (Å²) in [6, 6.07) is 5.89. The fraction of sp³-hybridized carbons (Fsp3) is 0.522. The summed E-state index contributed by atoms with van der Waals surface area (Å²) >= 11 is 0. The van der Waals surface area contributed by atoms with Crippen LogP contribution in [0.4, 0.5) is 0 Å². The highest BCUT2D eigenvalue weighted by atomic mass is 16.5. The first-order valence-electron chi connectivity index (χ1n) is 10.5. The van der Waals surface area contributed by atoms with Crippen LogP contribution in [0.5, 0.6) is 0 Å². The second-order valence-corrected chi connectivity index (χ2v) is 7.71. The standard InChI is InChI=1S/C23H31N3O3/c1-3-18(2)16-22(27)25-12-7-21(8-13-25)26(17-20-6-4-5-11-24-20)23(28)19-9-14-29-15-10-19/h4-6,9,11,16,21H,3,7-8,10,12-15,17H2,1-2H3/b18-16+. The van der Waals surface area contributed by atoms with Gasteiger partial charge in [0.05, 0.1) is 25.5 Å². The molecule has 6 nitrogen and oxygen atoms in total. The third kappa shape index (κ3) is 5.76. The van der Waals surface area contributed by atoms with Crippen molar-refractivity contribution in [3.05, 3.63) is 53.4 Å². The van der Waals surface area contributed by atoms with E-state index in [1.54, 1.807) is 12.3 Å². The summed E-state index contributed by atoms with van der Waals surface area (Å²) in [6.07, 6.45) is 8.50. The van der Waals surface area contributed by atoms with Crippen molar-refractivity contribution in [2.24, 2.45) is 0 Å². The highest BCUT2D eigenvalue weighted by Crippen LogP contribution is 2.23. The van der Waals surface area contributed by atoms with E-state index in [2.05, 4.69) is 11.9 Å². The molecule has 2 aliphatic rings. The lowest BCUT2D eigenvalue weighted by molar-refractivity contribution is -0.133. The van der Waals surface area contributed by atoms with Crippen LogP contribution in [0.1, 0.15) is 45.2 Å². The van der Waals surface area contributed by atoms with E-state index < -0.39 is 0 Å². The quantitative estimate of drug-likeness (QED) is 0.692. The summed E-state index contributed by atoms with van der Waals surface area (Å²) in [4.78, 5) is 34.0. The average Bonchev–Trinajstić information content (AvgIpc) is 2.78. The van der Waals surface area contributed by atoms with Gasteiger partial charge in [0.25, 0.3) is 0 Å². The number of pyridine rings is 1. The third-order valence-electron chi connectivity index (χ3n) is 5.70. The Balaban J connectivity index is 1.70. The van der Waals surface area contributed by atoms with E-state index in [0.29, 0.717) is 39.3 Å². The van der Waals surface area contributed by atoms with Crippen LogP contribution in [-0.2, 0) is 20.9 Å². The predicted molar refractivity (Wildman–Crippen MR) is 112 cm³/mol. The van der Waals surface area contributed by atoms with Crippen molar-refractivity contribution in [2.75, 3.05) is 26.3 Å². The molecule has 29 heavy (non-hydrogen) atoms. The molecule has 1 saturated heterocycles. The van der Waals surface area contributed by atoms with Crippen LogP contribution >= 0.6 is 0 Å². The Bertz CT molecular complexity index is 765. The number of nitrogens with zero attached hydrogens (tertiary/aromatic N) is 3. The monoisotopic (exact) mass is 397 g/mol. The Morgan fingerprint density at radius 2 is 2.10 bits per heavy atom. The Kier molecular flexibility index (Phi) is 7.58. The molecular weight excluding hydrogens is 366 g/mol. The molecule has 3 rings (SSSR count). The maximum absolute atomic E-state index is 13.3. The summed E-state index contributed by atoms with van der Waals surface area (Å²) in [5.74, 6) is 0.156. The molecule has 0 bridgehead atoms. The first kappa shape index (κ1) is 21.2. The van der Waals surface area contributed by atoms with Crippen molar-refractivity contribution in [3.63, 3.8) is 0 Å². The van der Waals surface area contributed by atoms with Gasteiger partial charge in [-0.2, -0.15) is 0 Å². The van der Waals surface area contributed by atoms with Crippen LogP contribution in [0.3, 0.4) is 0 Å². The molecule has 0 aromatic carbocycles. The molecule has 0 aliphatic carbocycles. The molecule has 0 radical (unpaired) electrons. The molecular formula is C23H31N3O3. The number of aromatic nitrogens is 1. The molecule has 2 aliphatic heterocycles. The zero-order valence-electron chi connectivity index (χ0n) is 17.5. The van der Waals surface area contributed by atoms with Gasteiger partial charge in [-0.1, -0.05) is 24.6 Å². The van der Waals surface area contributed by atoms with E-state index in [0.717, 1.165) is 36.1 Å². The van der Waals surface area contributed by atoms with E-state index in [-0.39, 0.29) is 17.9 Å². The molecule has 2 amide bonds. The second kappa shape index (κ2) is 10.3. The lowest BCUT2D eigenvalue weighted by Crippen LogP contribution is -2.49. The molecule has 6 heteroatoms. The number of hydrogen-bond acceptors (Lipinski definition) is 4. The molecule has 1 aromatic heterocycles. The first-order chi connectivity index (χ1) is 14.1. The van der Waals surface area contributed by atoms with Gasteiger partial charge in [-0.15, -0.1) is 0 Å². The Morgan fingerprint density at radius 1 is 1.31 bits per heavy atom. The number of carbonyl (C=O) groups is 2. The number of rotatable bonds is 6. The lowest BCUT2D eigenvalue weighted by Gasteiger charge is -2.39. The molecule has 0 unspecified atom stereocenters. The minimum absolute atomic E-state index is 0.0745. The molecule has 0 saturated carbocycles.